The van der Waals surface area contributed by atoms with Crippen molar-refractivity contribution >= 4 is 30.5 Å². The molecule has 4 heteroatoms. The standard InChI is InChI=1S/C6H14N2SSi/c1-9-6-5-7-8(9)10(2,3)4/h5-6H,1-4H3. The molecule has 1 atom stereocenters. The molecule has 0 bridgehead atoms. The van der Waals surface area contributed by atoms with Crippen molar-refractivity contribution in [2.75, 3.05) is 6.26 Å². The van der Waals surface area contributed by atoms with Gasteiger partial charge in [0.1, 0.15) is 0 Å². The van der Waals surface area contributed by atoms with Crippen LogP contribution in [0.5, 0.6) is 0 Å². The van der Waals surface area contributed by atoms with E-state index in [9.17, 15) is 0 Å². The van der Waals surface area contributed by atoms with Crippen LogP contribution >= 0.6 is 10.7 Å². The molecule has 0 radical (unpaired) electrons. The summed E-state index contributed by atoms with van der Waals surface area (Å²) >= 11 is 0. The molecule has 1 heterocycles. The summed E-state index contributed by atoms with van der Waals surface area (Å²) in [5.41, 5.74) is 0. The van der Waals surface area contributed by atoms with Crippen LogP contribution in [0.4, 0.5) is 0 Å². The first-order valence-corrected chi connectivity index (χ1v) is 8.44. The van der Waals surface area contributed by atoms with Gasteiger partial charge in [0.15, 0.2) is 8.24 Å². The predicted molar refractivity (Wildman–Crippen MR) is 53.3 cm³/mol. The second-order valence-electron chi connectivity index (χ2n) is 3.37. The third-order valence-electron chi connectivity index (χ3n) is 1.28. The fraction of sp³-hybridized carbons (Fsp3) is 0.667. The second kappa shape index (κ2) is 2.51. The summed E-state index contributed by atoms with van der Waals surface area (Å²) < 4.78 is 2.27. The van der Waals surface area contributed by atoms with Crippen LogP contribution in [0.1, 0.15) is 0 Å². The Hall–Kier alpha value is -0.0931. The van der Waals surface area contributed by atoms with Crippen LogP contribution in [0.2, 0.25) is 19.6 Å². The minimum Gasteiger partial charge on any atom is -0.277 e. The highest BCUT2D eigenvalue weighted by molar-refractivity contribution is 8.14. The Morgan fingerprint density at radius 1 is 1.40 bits per heavy atom. The summed E-state index contributed by atoms with van der Waals surface area (Å²) in [5, 5.41) is 6.48. The summed E-state index contributed by atoms with van der Waals surface area (Å²) in [7, 11) is -0.903. The molecule has 1 rings (SSSR count). The Labute approximate surface area is 66.1 Å². The van der Waals surface area contributed by atoms with E-state index in [1.54, 1.807) is 0 Å². The Bertz CT molecular complexity index is 192. The first kappa shape index (κ1) is 8.01. The molecule has 0 amide bonds. The van der Waals surface area contributed by atoms with Gasteiger partial charge in [-0.05, 0) is 25.9 Å². The van der Waals surface area contributed by atoms with Gasteiger partial charge in [-0.3, -0.25) is 4.08 Å². The highest BCUT2D eigenvalue weighted by atomic mass is 32.2. The Morgan fingerprint density at radius 3 is 2.20 bits per heavy atom. The SMILES string of the molecule is CS1=CC=NN1[Si](C)(C)C. The normalized spacial score (nSPS) is 25.2. The number of nitrogens with zero attached hydrogens (tertiary/aromatic N) is 2. The average Bonchev–Trinajstić information content (AvgIpc) is 2.11. The molecule has 0 saturated heterocycles. The molecule has 0 aromatic carbocycles. The number of rotatable bonds is 1. The number of hydrogen-bond acceptors (Lipinski definition) is 2. The lowest BCUT2D eigenvalue weighted by molar-refractivity contribution is 0.752. The van der Waals surface area contributed by atoms with Gasteiger partial charge in [0.05, 0.1) is 6.21 Å². The lowest BCUT2D eigenvalue weighted by atomic mass is 10.9. The summed E-state index contributed by atoms with van der Waals surface area (Å²) in [5.74, 6) is 0. The molecule has 10 heavy (non-hydrogen) atoms. The minimum atomic E-state index is -1.17. The van der Waals surface area contributed by atoms with E-state index in [-0.39, 0.29) is 10.7 Å². The van der Waals surface area contributed by atoms with Crippen molar-refractivity contribution in [2.24, 2.45) is 5.10 Å². The first-order chi connectivity index (χ1) is 4.52. The van der Waals surface area contributed by atoms with Crippen LogP contribution < -0.4 is 0 Å². The van der Waals surface area contributed by atoms with E-state index in [0.717, 1.165) is 0 Å². The minimum absolute atomic E-state index is 0.268. The quantitative estimate of drug-likeness (QED) is 0.437. The van der Waals surface area contributed by atoms with Crippen molar-refractivity contribution in [3.63, 3.8) is 0 Å². The van der Waals surface area contributed by atoms with Gasteiger partial charge in [-0.1, -0.05) is 10.7 Å². The maximum absolute atomic E-state index is 4.31. The molecule has 0 fully saturated rings. The maximum Gasteiger partial charge on any atom is 0.184 e. The van der Waals surface area contributed by atoms with Crippen LogP contribution in [0.15, 0.2) is 5.10 Å². The van der Waals surface area contributed by atoms with E-state index >= 15 is 0 Å². The highest BCUT2D eigenvalue weighted by Gasteiger charge is 2.24. The van der Waals surface area contributed by atoms with E-state index in [0.29, 0.717) is 0 Å². The van der Waals surface area contributed by atoms with Crippen molar-refractivity contribution in [1.29, 1.82) is 0 Å². The van der Waals surface area contributed by atoms with Gasteiger partial charge < -0.3 is 0 Å². The molecule has 2 nitrogen and oxygen atoms in total. The summed E-state index contributed by atoms with van der Waals surface area (Å²) in [6.07, 6.45) is 4.13. The molecule has 1 unspecified atom stereocenters. The van der Waals surface area contributed by atoms with Gasteiger partial charge in [-0.2, -0.15) is 5.10 Å². The van der Waals surface area contributed by atoms with Gasteiger partial charge in [-0.15, -0.1) is 0 Å². The van der Waals surface area contributed by atoms with E-state index in [1.165, 1.54) is 0 Å². The molecule has 58 valence electrons. The van der Waals surface area contributed by atoms with E-state index < -0.39 is 8.24 Å². The predicted octanol–water partition coefficient (Wildman–Crippen LogP) is 1.74. The lowest BCUT2D eigenvalue weighted by Gasteiger charge is -2.29. The molecule has 0 saturated carbocycles. The molecule has 0 aromatic rings. The van der Waals surface area contributed by atoms with Crippen molar-refractivity contribution in [1.82, 2.24) is 4.08 Å². The van der Waals surface area contributed by atoms with Crippen molar-refractivity contribution in [2.45, 2.75) is 19.6 Å². The Kier molecular flexibility index (Phi) is 2.01. The third kappa shape index (κ3) is 1.49. The summed E-state index contributed by atoms with van der Waals surface area (Å²) in [6.45, 7) is 6.94. The molecule has 0 spiro atoms. The van der Waals surface area contributed by atoms with Gasteiger partial charge in [0.25, 0.3) is 0 Å². The molecular formula is C6H14N2SSi. The van der Waals surface area contributed by atoms with Gasteiger partial charge in [0.2, 0.25) is 0 Å². The van der Waals surface area contributed by atoms with Gasteiger partial charge in [0, 0.05) is 5.37 Å². The second-order valence-corrected chi connectivity index (χ2v) is 10.1. The van der Waals surface area contributed by atoms with E-state index in [1.807, 2.05) is 6.21 Å². The van der Waals surface area contributed by atoms with Crippen molar-refractivity contribution in [3.8, 4) is 0 Å². The molecule has 0 aromatic heterocycles. The largest absolute Gasteiger partial charge is 0.277 e. The molecule has 1 aliphatic rings. The average molecular weight is 174 g/mol. The first-order valence-electron chi connectivity index (χ1n) is 3.34. The zero-order valence-corrected chi connectivity index (χ0v) is 8.77. The summed E-state index contributed by atoms with van der Waals surface area (Å²) in [4.78, 5) is 0. The topological polar surface area (TPSA) is 15.6 Å². The molecule has 0 aliphatic carbocycles. The van der Waals surface area contributed by atoms with Gasteiger partial charge >= 0.3 is 0 Å². The fourth-order valence-corrected chi connectivity index (χ4v) is 5.51. The fourth-order valence-electron chi connectivity index (χ4n) is 0.913. The van der Waals surface area contributed by atoms with Crippen LogP contribution in [0.25, 0.3) is 0 Å². The maximum atomic E-state index is 4.31. The summed E-state index contributed by atoms with van der Waals surface area (Å²) in [6, 6.07) is 0. The highest BCUT2D eigenvalue weighted by Crippen LogP contribution is 2.25. The number of hydrogen-bond donors (Lipinski definition) is 0. The monoisotopic (exact) mass is 174 g/mol. The molecular weight excluding hydrogens is 160 g/mol. The Balaban J connectivity index is 2.76. The third-order valence-corrected chi connectivity index (χ3v) is 6.20. The van der Waals surface area contributed by atoms with Crippen LogP contribution in [0.3, 0.4) is 0 Å². The Morgan fingerprint density at radius 2 is 2.00 bits per heavy atom. The van der Waals surface area contributed by atoms with Crippen LogP contribution in [-0.2, 0) is 0 Å². The zero-order valence-electron chi connectivity index (χ0n) is 6.96. The van der Waals surface area contributed by atoms with E-state index in [4.69, 9.17) is 0 Å². The molecule has 0 N–H and O–H groups in total. The van der Waals surface area contributed by atoms with Crippen LogP contribution in [-0.4, -0.2) is 30.2 Å². The zero-order chi connectivity index (χ0) is 7.78. The van der Waals surface area contributed by atoms with Crippen LogP contribution in [0, 0.1) is 0 Å². The molecule has 1 aliphatic heterocycles. The van der Waals surface area contributed by atoms with Gasteiger partial charge in [-0.25, -0.2) is 0 Å². The van der Waals surface area contributed by atoms with Crippen molar-refractivity contribution in [3.05, 3.63) is 0 Å². The smallest absolute Gasteiger partial charge is 0.184 e. The van der Waals surface area contributed by atoms with E-state index in [2.05, 4.69) is 40.4 Å². The lowest BCUT2D eigenvalue weighted by Crippen LogP contribution is -2.37. The number of hydrazone groups is 1. The van der Waals surface area contributed by atoms with Crippen molar-refractivity contribution < 1.29 is 0 Å².